The van der Waals surface area contributed by atoms with Gasteiger partial charge in [0.05, 0.1) is 5.69 Å². The molecule has 2 rings (SSSR count). The third-order valence-corrected chi connectivity index (χ3v) is 2.88. The van der Waals surface area contributed by atoms with Crippen LogP contribution in [0.1, 0.15) is 20.3 Å². The molecule has 0 atom stereocenters. The number of amides is 1. The Morgan fingerprint density at radius 2 is 1.82 bits per heavy atom. The van der Waals surface area contributed by atoms with Crippen LogP contribution in [0.3, 0.4) is 0 Å². The van der Waals surface area contributed by atoms with Crippen molar-refractivity contribution in [1.29, 1.82) is 0 Å². The zero-order valence-electron chi connectivity index (χ0n) is 10.3. The van der Waals surface area contributed by atoms with E-state index in [0.29, 0.717) is 0 Å². The minimum atomic E-state index is 0.100. The van der Waals surface area contributed by atoms with Crippen LogP contribution in [0.2, 0.25) is 0 Å². The molecule has 0 aliphatic carbocycles. The summed E-state index contributed by atoms with van der Waals surface area (Å²) in [5.41, 5.74) is 1.01. The average molecular weight is 227 g/mol. The molecule has 0 spiro atoms. The van der Waals surface area contributed by atoms with Gasteiger partial charge in [-0.25, -0.2) is 0 Å². The van der Waals surface area contributed by atoms with Crippen molar-refractivity contribution in [2.45, 2.75) is 20.3 Å². The lowest BCUT2D eigenvalue weighted by atomic mass is 10.1. The number of hydrogen-bond donors (Lipinski definition) is 0. The van der Waals surface area contributed by atoms with Gasteiger partial charge in [-0.15, -0.1) is 0 Å². The molecule has 0 aliphatic rings. The topological polar surface area (TPSA) is 20.3 Å². The van der Waals surface area contributed by atoms with Crippen molar-refractivity contribution in [1.82, 2.24) is 0 Å². The molecule has 2 heteroatoms. The third kappa shape index (κ3) is 2.31. The van der Waals surface area contributed by atoms with Crippen molar-refractivity contribution < 1.29 is 4.79 Å². The first-order valence-corrected chi connectivity index (χ1v) is 6.00. The highest BCUT2D eigenvalue weighted by molar-refractivity contribution is 6.02. The Hall–Kier alpha value is -1.83. The molecule has 1 amide bonds. The molecule has 0 N–H and O–H groups in total. The summed E-state index contributed by atoms with van der Waals surface area (Å²) in [6.07, 6.45) is 0.961. The zero-order chi connectivity index (χ0) is 12.3. The Labute approximate surface area is 102 Å². The van der Waals surface area contributed by atoms with Crippen LogP contribution < -0.4 is 4.90 Å². The predicted molar refractivity (Wildman–Crippen MR) is 72.3 cm³/mol. The fraction of sp³-hybridized carbons (Fsp3) is 0.267. The van der Waals surface area contributed by atoms with Crippen molar-refractivity contribution in [3.63, 3.8) is 0 Å². The Bertz CT molecular complexity index is 528. The smallest absolute Gasteiger partial charge is 0.223 e. The zero-order valence-corrected chi connectivity index (χ0v) is 10.3. The average Bonchev–Trinajstić information content (AvgIpc) is 2.35. The van der Waals surface area contributed by atoms with Gasteiger partial charge in [0.2, 0.25) is 5.91 Å². The lowest BCUT2D eigenvalue weighted by molar-refractivity contribution is -0.116. The third-order valence-electron chi connectivity index (χ3n) is 2.88. The molecule has 2 nitrogen and oxygen atoms in total. The van der Waals surface area contributed by atoms with Crippen LogP contribution in [-0.4, -0.2) is 12.5 Å². The molecule has 0 saturated carbocycles. The largest absolute Gasteiger partial charge is 0.312 e. The second kappa shape index (κ2) is 5.00. The van der Waals surface area contributed by atoms with Gasteiger partial charge in [0.1, 0.15) is 0 Å². The minimum absolute atomic E-state index is 0.100. The number of rotatable bonds is 3. The molecule has 0 bridgehead atoms. The van der Waals surface area contributed by atoms with Crippen LogP contribution in [-0.2, 0) is 4.79 Å². The maximum absolute atomic E-state index is 11.7. The van der Waals surface area contributed by atoms with Crippen molar-refractivity contribution in [3.05, 3.63) is 42.5 Å². The lowest BCUT2D eigenvalue weighted by Gasteiger charge is -2.22. The van der Waals surface area contributed by atoms with Crippen LogP contribution in [0.5, 0.6) is 0 Å². The van der Waals surface area contributed by atoms with Crippen LogP contribution in [0.25, 0.3) is 10.8 Å². The van der Waals surface area contributed by atoms with Crippen LogP contribution in [0, 0.1) is 0 Å². The van der Waals surface area contributed by atoms with Gasteiger partial charge in [-0.2, -0.15) is 0 Å². The summed E-state index contributed by atoms with van der Waals surface area (Å²) in [6, 6.07) is 14.3. The molecule has 2 aromatic carbocycles. The highest BCUT2D eigenvalue weighted by atomic mass is 16.2. The van der Waals surface area contributed by atoms with Crippen molar-refractivity contribution in [2.24, 2.45) is 0 Å². The molecule has 17 heavy (non-hydrogen) atoms. The summed E-state index contributed by atoms with van der Waals surface area (Å²) in [4.78, 5) is 13.6. The van der Waals surface area contributed by atoms with E-state index in [4.69, 9.17) is 0 Å². The standard InChI is InChI=1S/C15H17NO/c1-3-11-16(12(2)17)15-10-6-8-13-7-4-5-9-14(13)15/h4-10H,3,11H2,1-2H3. The normalized spacial score (nSPS) is 10.5. The number of carbonyl (C=O) groups excluding carboxylic acids is 1. The second-order valence-electron chi connectivity index (χ2n) is 4.17. The quantitative estimate of drug-likeness (QED) is 0.784. The van der Waals surface area contributed by atoms with E-state index in [9.17, 15) is 4.79 Å². The summed E-state index contributed by atoms with van der Waals surface area (Å²) in [6.45, 7) is 4.47. The van der Waals surface area contributed by atoms with E-state index in [2.05, 4.69) is 25.1 Å². The first-order chi connectivity index (χ1) is 8.24. The van der Waals surface area contributed by atoms with E-state index in [0.717, 1.165) is 24.0 Å². The molecule has 0 unspecified atom stereocenters. The number of nitrogens with zero attached hydrogens (tertiary/aromatic N) is 1. The van der Waals surface area contributed by atoms with Gasteiger partial charge in [-0.3, -0.25) is 4.79 Å². The number of fused-ring (bicyclic) bond motifs is 1. The number of benzene rings is 2. The first-order valence-electron chi connectivity index (χ1n) is 6.00. The number of carbonyl (C=O) groups is 1. The maximum Gasteiger partial charge on any atom is 0.223 e. The monoisotopic (exact) mass is 227 g/mol. The second-order valence-corrected chi connectivity index (χ2v) is 4.17. The van der Waals surface area contributed by atoms with Gasteiger partial charge in [0, 0.05) is 18.9 Å². The van der Waals surface area contributed by atoms with E-state index in [1.165, 1.54) is 5.39 Å². The van der Waals surface area contributed by atoms with Gasteiger partial charge in [0.15, 0.2) is 0 Å². The summed E-state index contributed by atoms with van der Waals surface area (Å²) in [5, 5.41) is 2.31. The Morgan fingerprint density at radius 1 is 1.12 bits per heavy atom. The first kappa shape index (κ1) is 11.6. The van der Waals surface area contributed by atoms with E-state index < -0.39 is 0 Å². The predicted octanol–water partition coefficient (Wildman–Crippen LogP) is 3.60. The van der Waals surface area contributed by atoms with E-state index in [1.807, 2.05) is 29.2 Å². The van der Waals surface area contributed by atoms with Crippen LogP contribution in [0.15, 0.2) is 42.5 Å². The van der Waals surface area contributed by atoms with Gasteiger partial charge in [-0.1, -0.05) is 43.3 Å². The molecule has 0 aliphatic heterocycles. The van der Waals surface area contributed by atoms with E-state index in [1.54, 1.807) is 6.92 Å². The highest BCUT2D eigenvalue weighted by Crippen LogP contribution is 2.26. The molecule has 0 heterocycles. The SMILES string of the molecule is CCCN(C(C)=O)c1cccc2ccccc12. The summed E-state index contributed by atoms with van der Waals surface area (Å²) < 4.78 is 0. The fourth-order valence-electron chi connectivity index (χ4n) is 2.11. The summed E-state index contributed by atoms with van der Waals surface area (Å²) in [7, 11) is 0. The van der Waals surface area contributed by atoms with Gasteiger partial charge >= 0.3 is 0 Å². The van der Waals surface area contributed by atoms with Gasteiger partial charge < -0.3 is 4.90 Å². The maximum atomic E-state index is 11.7. The summed E-state index contributed by atoms with van der Waals surface area (Å²) >= 11 is 0. The Balaban J connectivity index is 2.56. The van der Waals surface area contributed by atoms with Crippen LogP contribution >= 0.6 is 0 Å². The molecule has 88 valence electrons. The summed E-state index contributed by atoms with van der Waals surface area (Å²) in [5.74, 6) is 0.100. The minimum Gasteiger partial charge on any atom is -0.312 e. The van der Waals surface area contributed by atoms with Crippen molar-refractivity contribution in [2.75, 3.05) is 11.4 Å². The molecule has 2 aromatic rings. The van der Waals surface area contributed by atoms with Crippen LogP contribution in [0.4, 0.5) is 5.69 Å². The lowest BCUT2D eigenvalue weighted by Crippen LogP contribution is -2.29. The van der Waals surface area contributed by atoms with Gasteiger partial charge in [0.25, 0.3) is 0 Å². The molecular weight excluding hydrogens is 210 g/mol. The van der Waals surface area contributed by atoms with Crippen molar-refractivity contribution in [3.8, 4) is 0 Å². The Morgan fingerprint density at radius 3 is 2.53 bits per heavy atom. The Kier molecular flexibility index (Phi) is 3.43. The molecular formula is C15H17NO. The number of anilines is 1. The molecule has 0 fully saturated rings. The fourth-order valence-corrected chi connectivity index (χ4v) is 2.11. The molecule has 0 saturated heterocycles. The number of hydrogen-bond acceptors (Lipinski definition) is 1. The highest BCUT2D eigenvalue weighted by Gasteiger charge is 2.12. The molecule has 0 radical (unpaired) electrons. The van der Waals surface area contributed by atoms with Crippen molar-refractivity contribution >= 4 is 22.4 Å². The van der Waals surface area contributed by atoms with E-state index in [-0.39, 0.29) is 5.91 Å². The molecule has 0 aromatic heterocycles. The van der Waals surface area contributed by atoms with Gasteiger partial charge in [-0.05, 0) is 17.9 Å². The van der Waals surface area contributed by atoms with E-state index >= 15 is 0 Å².